The van der Waals surface area contributed by atoms with Crippen LogP contribution >= 0.6 is 11.3 Å². The summed E-state index contributed by atoms with van der Waals surface area (Å²) >= 11 is 1.88. The number of ether oxygens (including phenoxy) is 1. The lowest BCUT2D eigenvalue weighted by Crippen LogP contribution is -2.77. The molecule has 3 aromatic heterocycles. The molecule has 4 heterocycles. The summed E-state index contributed by atoms with van der Waals surface area (Å²) in [6.07, 6.45) is 2.09. The number of hydrogen-bond donors (Lipinski definition) is 0. The summed E-state index contributed by atoms with van der Waals surface area (Å²) in [5.41, 5.74) is 5.18. The van der Waals surface area contributed by atoms with Crippen LogP contribution in [0.4, 0.5) is 17.2 Å². The van der Waals surface area contributed by atoms with Gasteiger partial charge in [0.25, 0.3) is 0 Å². The lowest BCUT2D eigenvalue weighted by Gasteiger charge is -2.44. The third kappa shape index (κ3) is 4.91. The Labute approximate surface area is 329 Å². The summed E-state index contributed by atoms with van der Waals surface area (Å²) in [7, 11) is -0.882. The SMILES string of the molecule is Cn1c(-c2cccc(Oc3cccc(N4c5ccccc5[Si](c5ccccc5)(c5ccccc5)c5c4ncc4c5sc5ccccc54)c3)c2)nc2ccccc21. The van der Waals surface area contributed by atoms with E-state index >= 15 is 0 Å². The van der Waals surface area contributed by atoms with Gasteiger partial charge in [-0.15, -0.1) is 11.3 Å². The molecule has 56 heavy (non-hydrogen) atoms. The van der Waals surface area contributed by atoms with Crippen molar-refractivity contribution in [2.75, 3.05) is 4.90 Å². The molecule has 0 fully saturated rings. The van der Waals surface area contributed by atoms with Gasteiger partial charge in [0.1, 0.15) is 23.1 Å². The fraction of sp³-hybridized carbons (Fsp3) is 0.0204. The summed E-state index contributed by atoms with van der Waals surface area (Å²) in [6, 6.07) is 64.8. The van der Waals surface area contributed by atoms with Crippen molar-refractivity contribution in [1.82, 2.24) is 14.5 Å². The first-order valence-corrected chi connectivity index (χ1v) is 21.6. The van der Waals surface area contributed by atoms with Crippen LogP contribution in [0.25, 0.3) is 42.6 Å². The third-order valence-electron chi connectivity index (χ3n) is 11.1. The Kier molecular flexibility index (Phi) is 7.52. The number of benzene rings is 7. The van der Waals surface area contributed by atoms with E-state index < -0.39 is 8.07 Å². The van der Waals surface area contributed by atoms with Crippen LogP contribution in [-0.4, -0.2) is 22.6 Å². The zero-order valence-electron chi connectivity index (χ0n) is 30.5. The van der Waals surface area contributed by atoms with E-state index in [2.05, 4.69) is 174 Å². The van der Waals surface area contributed by atoms with Crippen molar-refractivity contribution in [3.05, 3.63) is 188 Å². The average Bonchev–Trinajstić information content (AvgIpc) is 3.81. The van der Waals surface area contributed by atoms with Crippen LogP contribution in [0.5, 0.6) is 11.5 Å². The highest BCUT2D eigenvalue weighted by Crippen LogP contribution is 2.43. The molecular formula is C49H34N4OSSi. The number of anilines is 3. The minimum atomic E-state index is -2.94. The van der Waals surface area contributed by atoms with Gasteiger partial charge in [-0.2, -0.15) is 0 Å². The summed E-state index contributed by atoms with van der Waals surface area (Å²) in [6.45, 7) is 0. The smallest absolute Gasteiger partial charge is 0.188 e. The fourth-order valence-electron chi connectivity index (χ4n) is 8.74. The predicted octanol–water partition coefficient (Wildman–Crippen LogP) is 9.96. The molecule has 0 radical (unpaired) electrons. The first-order valence-electron chi connectivity index (χ1n) is 18.8. The summed E-state index contributed by atoms with van der Waals surface area (Å²) < 4.78 is 11.4. The average molecular weight is 755 g/mol. The first-order chi connectivity index (χ1) is 27.7. The van der Waals surface area contributed by atoms with Gasteiger partial charge in [0, 0.05) is 55.9 Å². The van der Waals surface area contributed by atoms with Gasteiger partial charge in [0.05, 0.1) is 16.7 Å². The van der Waals surface area contributed by atoms with Crippen molar-refractivity contribution in [2.45, 2.75) is 0 Å². The van der Waals surface area contributed by atoms with Crippen molar-refractivity contribution < 1.29 is 4.74 Å². The molecule has 0 saturated heterocycles. The van der Waals surface area contributed by atoms with Crippen molar-refractivity contribution in [3.63, 3.8) is 0 Å². The molecule has 10 aromatic rings. The Morgan fingerprint density at radius 1 is 0.607 bits per heavy atom. The zero-order valence-corrected chi connectivity index (χ0v) is 32.3. The maximum Gasteiger partial charge on any atom is 0.188 e. The number of nitrogens with zero attached hydrogens (tertiary/aromatic N) is 4. The van der Waals surface area contributed by atoms with Gasteiger partial charge in [-0.25, -0.2) is 9.97 Å². The molecule has 0 amide bonds. The minimum Gasteiger partial charge on any atom is -0.457 e. The van der Waals surface area contributed by atoms with Crippen molar-refractivity contribution in [2.24, 2.45) is 7.05 Å². The summed E-state index contributed by atoms with van der Waals surface area (Å²) in [5, 5.41) is 7.76. The van der Waals surface area contributed by atoms with Crippen molar-refractivity contribution >= 4 is 88.6 Å². The zero-order chi connectivity index (χ0) is 37.2. The van der Waals surface area contributed by atoms with Crippen LogP contribution in [0.15, 0.2) is 188 Å². The molecule has 1 aliphatic rings. The second kappa shape index (κ2) is 12.9. The second-order valence-electron chi connectivity index (χ2n) is 14.2. The number of para-hydroxylation sites is 3. The number of pyridine rings is 1. The van der Waals surface area contributed by atoms with Crippen LogP contribution in [0.1, 0.15) is 0 Å². The highest BCUT2D eigenvalue weighted by molar-refractivity contribution is 7.31. The van der Waals surface area contributed by atoms with E-state index in [0.29, 0.717) is 0 Å². The molecule has 0 bridgehead atoms. The van der Waals surface area contributed by atoms with Gasteiger partial charge in [0.2, 0.25) is 0 Å². The van der Waals surface area contributed by atoms with Crippen molar-refractivity contribution in [1.29, 1.82) is 0 Å². The Bertz CT molecular complexity index is 3060. The molecule has 0 unspecified atom stereocenters. The molecule has 11 rings (SSSR count). The molecule has 0 aliphatic carbocycles. The molecule has 7 aromatic carbocycles. The van der Waals surface area contributed by atoms with Gasteiger partial charge in [0.15, 0.2) is 8.07 Å². The maximum atomic E-state index is 6.68. The Morgan fingerprint density at radius 2 is 1.29 bits per heavy atom. The second-order valence-corrected chi connectivity index (χ2v) is 19.0. The number of hydrogen-bond acceptors (Lipinski definition) is 5. The topological polar surface area (TPSA) is 43.2 Å². The van der Waals surface area contributed by atoms with E-state index in [1.165, 1.54) is 40.9 Å². The summed E-state index contributed by atoms with van der Waals surface area (Å²) in [4.78, 5) is 12.8. The fourth-order valence-corrected chi connectivity index (χ4v) is 15.6. The lowest BCUT2D eigenvalue weighted by molar-refractivity contribution is 0.483. The van der Waals surface area contributed by atoms with E-state index in [-0.39, 0.29) is 0 Å². The van der Waals surface area contributed by atoms with Crippen LogP contribution in [0.2, 0.25) is 0 Å². The molecule has 1 aliphatic heterocycles. The van der Waals surface area contributed by atoms with E-state index in [1.807, 2.05) is 41.7 Å². The standard InChI is InChI=1S/C49H34N4OSSi/c1-52-42-26-10-9-25-41(42)51-48(52)33-16-14-18-35(30-33)54-36-19-15-17-34(31-36)53-43-27-11-13-29-45(43)56(37-20-4-2-5-21-37,38-22-6-3-7-23-38)47-46-40(32-50-49(47)53)39-24-8-12-28-44(39)55-46/h2-32H,1H3. The Hall–Kier alpha value is -6.80. The molecule has 0 saturated carbocycles. The quantitative estimate of drug-likeness (QED) is 0.159. The predicted molar refractivity (Wildman–Crippen MR) is 235 cm³/mol. The molecule has 266 valence electrons. The third-order valence-corrected chi connectivity index (χ3v) is 17.4. The van der Waals surface area contributed by atoms with E-state index in [9.17, 15) is 0 Å². The number of thiophene rings is 1. The number of rotatable bonds is 6. The van der Waals surface area contributed by atoms with E-state index in [0.717, 1.165) is 51.1 Å². The van der Waals surface area contributed by atoms with Gasteiger partial charge in [-0.05, 0) is 64.1 Å². The molecule has 0 spiro atoms. The van der Waals surface area contributed by atoms with Crippen LogP contribution in [0.3, 0.4) is 0 Å². The van der Waals surface area contributed by atoms with Gasteiger partial charge in [-0.3, -0.25) is 4.90 Å². The molecule has 0 atom stereocenters. The maximum absolute atomic E-state index is 6.68. The van der Waals surface area contributed by atoms with E-state index in [4.69, 9.17) is 14.7 Å². The lowest BCUT2D eigenvalue weighted by atomic mass is 10.1. The number of fused-ring (bicyclic) bond motifs is 7. The number of aryl methyl sites for hydroxylation is 1. The van der Waals surface area contributed by atoms with Gasteiger partial charge >= 0.3 is 0 Å². The van der Waals surface area contributed by atoms with Crippen LogP contribution in [0, 0.1) is 0 Å². The Balaban J connectivity index is 1.11. The monoisotopic (exact) mass is 754 g/mol. The molecule has 5 nitrogen and oxygen atoms in total. The van der Waals surface area contributed by atoms with Crippen LogP contribution < -0.4 is 30.4 Å². The highest BCUT2D eigenvalue weighted by Gasteiger charge is 2.51. The highest BCUT2D eigenvalue weighted by atomic mass is 32.1. The van der Waals surface area contributed by atoms with Crippen molar-refractivity contribution in [3.8, 4) is 22.9 Å². The first kappa shape index (κ1) is 32.6. The largest absolute Gasteiger partial charge is 0.457 e. The molecular weight excluding hydrogens is 721 g/mol. The minimum absolute atomic E-state index is 0.742. The number of imidazole rings is 1. The number of aromatic nitrogens is 3. The van der Waals surface area contributed by atoms with Gasteiger partial charge < -0.3 is 9.30 Å². The molecule has 0 N–H and O–H groups in total. The van der Waals surface area contributed by atoms with Crippen LogP contribution in [-0.2, 0) is 7.05 Å². The van der Waals surface area contributed by atoms with Gasteiger partial charge in [-0.1, -0.05) is 127 Å². The Morgan fingerprint density at radius 3 is 2.09 bits per heavy atom. The summed E-state index contributed by atoms with van der Waals surface area (Å²) in [5.74, 6) is 3.35. The normalized spacial score (nSPS) is 13.2. The molecule has 7 heteroatoms. The van der Waals surface area contributed by atoms with E-state index in [1.54, 1.807) is 0 Å².